The topological polar surface area (TPSA) is 97.2 Å². The van der Waals surface area contributed by atoms with Crippen LogP contribution < -0.4 is 5.32 Å². The first kappa shape index (κ1) is 19.1. The van der Waals surface area contributed by atoms with Crippen LogP contribution in [-0.2, 0) is 13.5 Å². The van der Waals surface area contributed by atoms with E-state index in [-0.39, 0.29) is 0 Å². The lowest BCUT2D eigenvalue weighted by Crippen LogP contribution is -2.02. The van der Waals surface area contributed by atoms with E-state index < -0.39 is 0 Å². The fourth-order valence-electron chi connectivity index (χ4n) is 3.99. The van der Waals surface area contributed by atoms with Crippen LogP contribution in [0.1, 0.15) is 11.4 Å². The Bertz CT molecular complexity index is 1570. The second-order valence-electron chi connectivity index (χ2n) is 7.85. The van der Waals surface area contributed by atoms with Gasteiger partial charge in [0.2, 0.25) is 5.82 Å². The third-order valence-electron chi connectivity index (χ3n) is 5.51. The zero-order valence-electron chi connectivity index (χ0n) is 17.9. The fraction of sp³-hybridized carbons (Fsp3) is 0.0800. The number of aryl methyl sites for hydroxylation is 1. The average molecular weight is 432 g/mol. The molecule has 0 aliphatic heterocycles. The van der Waals surface area contributed by atoms with E-state index in [1.165, 1.54) is 4.80 Å². The van der Waals surface area contributed by atoms with Crippen molar-refractivity contribution in [3.63, 3.8) is 0 Å². The number of hydrogen-bond donors (Lipinski definition) is 2. The number of nitrogens with one attached hydrogen (secondary N) is 2. The quantitative estimate of drug-likeness (QED) is 0.412. The highest BCUT2D eigenvalue weighted by Crippen LogP contribution is 2.33. The molecule has 0 aliphatic carbocycles. The van der Waals surface area contributed by atoms with E-state index in [0.29, 0.717) is 12.2 Å². The van der Waals surface area contributed by atoms with Crippen LogP contribution in [0.25, 0.3) is 33.3 Å². The summed E-state index contributed by atoms with van der Waals surface area (Å²) in [4.78, 5) is 14.7. The lowest BCUT2D eigenvalue weighted by molar-refractivity contribution is 0.630. The predicted octanol–water partition coefficient (Wildman–Crippen LogP) is 4.64. The SMILES string of the molecule is Cn1nnc(-c2ccc3[nH]c4nc(Cc5ccccc5)nc(Nc5ccccc5)c4c3c2)n1. The number of fused-ring (bicyclic) bond motifs is 3. The number of hydrogen-bond acceptors (Lipinski definition) is 6. The maximum absolute atomic E-state index is 4.93. The van der Waals surface area contributed by atoms with Gasteiger partial charge in [-0.1, -0.05) is 48.5 Å². The molecule has 0 unspecified atom stereocenters. The van der Waals surface area contributed by atoms with Gasteiger partial charge in [0.15, 0.2) is 0 Å². The van der Waals surface area contributed by atoms with Gasteiger partial charge in [-0.3, -0.25) is 0 Å². The minimum atomic E-state index is 0.577. The number of rotatable bonds is 5. The molecule has 6 rings (SSSR count). The van der Waals surface area contributed by atoms with Gasteiger partial charge in [-0.15, -0.1) is 10.2 Å². The monoisotopic (exact) mass is 432 g/mol. The highest BCUT2D eigenvalue weighted by Gasteiger charge is 2.16. The highest BCUT2D eigenvalue weighted by molar-refractivity contribution is 6.12. The third kappa shape index (κ3) is 3.67. The molecule has 0 aliphatic rings. The van der Waals surface area contributed by atoms with Crippen molar-refractivity contribution in [2.45, 2.75) is 6.42 Å². The standard InChI is InChI=1S/C25H20N8/c1-33-31-23(30-32-33)17-12-13-20-19(15-17)22-24(26-18-10-6-3-7-11-18)28-21(29-25(22)27-20)14-16-8-4-2-5-9-16/h2-13,15H,14H2,1H3,(H2,26,27,28,29). The molecule has 0 spiro atoms. The Hall–Kier alpha value is -4.59. The summed E-state index contributed by atoms with van der Waals surface area (Å²) < 4.78 is 0. The summed E-state index contributed by atoms with van der Waals surface area (Å²) in [6.45, 7) is 0. The summed E-state index contributed by atoms with van der Waals surface area (Å²) in [5, 5.41) is 17.9. The number of nitrogens with zero attached hydrogens (tertiary/aromatic N) is 6. The predicted molar refractivity (Wildman–Crippen MR) is 128 cm³/mol. The van der Waals surface area contributed by atoms with E-state index >= 15 is 0 Å². The molecule has 6 aromatic rings. The molecule has 0 fully saturated rings. The smallest absolute Gasteiger partial charge is 0.204 e. The van der Waals surface area contributed by atoms with Crippen molar-refractivity contribution < 1.29 is 0 Å². The van der Waals surface area contributed by atoms with Crippen LogP contribution >= 0.6 is 0 Å². The van der Waals surface area contributed by atoms with Crippen molar-refractivity contribution in [3.05, 3.63) is 90.3 Å². The molecular formula is C25H20N8. The molecule has 0 bridgehead atoms. The molecule has 33 heavy (non-hydrogen) atoms. The summed E-state index contributed by atoms with van der Waals surface area (Å²) in [7, 11) is 1.75. The summed E-state index contributed by atoms with van der Waals surface area (Å²) in [6, 6.07) is 26.3. The number of tetrazole rings is 1. The van der Waals surface area contributed by atoms with E-state index in [1.54, 1.807) is 7.05 Å². The summed E-state index contributed by atoms with van der Waals surface area (Å²) in [6.07, 6.45) is 0.643. The van der Waals surface area contributed by atoms with E-state index in [1.807, 2.05) is 60.7 Å². The first-order valence-corrected chi connectivity index (χ1v) is 10.7. The normalized spacial score (nSPS) is 11.3. The van der Waals surface area contributed by atoms with E-state index in [9.17, 15) is 0 Å². The van der Waals surface area contributed by atoms with Crippen molar-refractivity contribution in [1.82, 2.24) is 35.2 Å². The highest BCUT2D eigenvalue weighted by atomic mass is 15.6. The Balaban J connectivity index is 1.53. The molecule has 2 N–H and O–H groups in total. The molecule has 160 valence electrons. The lowest BCUT2D eigenvalue weighted by atomic mass is 10.1. The second-order valence-corrected chi connectivity index (χ2v) is 7.85. The summed E-state index contributed by atoms with van der Waals surface area (Å²) in [5.41, 5.74) is 4.77. The van der Waals surface area contributed by atoms with Crippen LogP contribution in [0.15, 0.2) is 78.9 Å². The Kier molecular flexibility index (Phi) is 4.54. The van der Waals surface area contributed by atoms with Gasteiger partial charge in [0.1, 0.15) is 17.3 Å². The number of anilines is 2. The zero-order valence-corrected chi connectivity index (χ0v) is 17.9. The van der Waals surface area contributed by atoms with Crippen LogP contribution in [0.2, 0.25) is 0 Å². The Morgan fingerprint density at radius 2 is 1.70 bits per heavy atom. The number of aromatic nitrogens is 7. The second kappa shape index (κ2) is 7.83. The van der Waals surface area contributed by atoms with Gasteiger partial charge in [-0.2, -0.15) is 4.80 Å². The molecule has 8 nitrogen and oxygen atoms in total. The van der Waals surface area contributed by atoms with Crippen LogP contribution in [0.3, 0.4) is 0 Å². The lowest BCUT2D eigenvalue weighted by Gasteiger charge is -2.10. The zero-order chi connectivity index (χ0) is 22.2. The molecule has 3 aromatic heterocycles. The maximum Gasteiger partial charge on any atom is 0.204 e. The molecule has 0 radical (unpaired) electrons. The van der Waals surface area contributed by atoms with Gasteiger partial charge in [-0.05, 0) is 41.1 Å². The molecular weight excluding hydrogens is 412 g/mol. The van der Waals surface area contributed by atoms with E-state index in [4.69, 9.17) is 9.97 Å². The Labute approximate surface area is 189 Å². The molecule has 0 amide bonds. The van der Waals surface area contributed by atoms with Crippen molar-refractivity contribution in [2.24, 2.45) is 7.05 Å². The molecule has 8 heteroatoms. The maximum atomic E-state index is 4.93. The van der Waals surface area contributed by atoms with Crippen molar-refractivity contribution in [3.8, 4) is 11.4 Å². The Morgan fingerprint density at radius 3 is 2.45 bits per heavy atom. The average Bonchev–Trinajstić information content (AvgIpc) is 3.43. The van der Waals surface area contributed by atoms with Crippen LogP contribution in [0.5, 0.6) is 0 Å². The van der Waals surface area contributed by atoms with Crippen LogP contribution in [0, 0.1) is 0 Å². The summed E-state index contributed by atoms with van der Waals surface area (Å²) >= 11 is 0. The number of aromatic amines is 1. The largest absolute Gasteiger partial charge is 0.340 e. The molecule has 0 atom stereocenters. The summed E-state index contributed by atoms with van der Waals surface area (Å²) in [5.74, 6) is 2.08. The van der Waals surface area contributed by atoms with E-state index in [2.05, 4.69) is 43.9 Å². The number of para-hydroxylation sites is 1. The van der Waals surface area contributed by atoms with Gasteiger partial charge in [0, 0.05) is 28.6 Å². The van der Waals surface area contributed by atoms with E-state index in [0.717, 1.165) is 50.4 Å². The van der Waals surface area contributed by atoms with Gasteiger partial charge in [0.05, 0.1) is 12.4 Å². The molecule has 0 saturated carbocycles. The third-order valence-corrected chi connectivity index (χ3v) is 5.51. The van der Waals surface area contributed by atoms with Crippen molar-refractivity contribution >= 4 is 33.4 Å². The Morgan fingerprint density at radius 1 is 0.909 bits per heavy atom. The first-order chi connectivity index (χ1) is 16.2. The molecule has 3 aromatic carbocycles. The van der Waals surface area contributed by atoms with Crippen LogP contribution in [0.4, 0.5) is 11.5 Å². The molecule has 3 heterocycles. The van der Waals surface area contributed by atoms with Gasteiger partial charge in [0.25, 0.3) is 0 Å². The van der Waals surface area contributed by atoms with Gasteiger partial charge >= 0.3 is 0 Å². The number of benzene rings is 3. The van der Waals surface area contributed by atoms with Crippen molar-refractivity contribution in [1.29, 1.82) is 0 Å². The minimum absolute atomic E-state index is 0.577. The van der Waals surface area contributed by atoms with Crippen molar-refractivity contribution in [2.75, 3.05) is 5.32 Å². The van der Waals surface area contributed by atoms with Gasteiger partial charge in [-0.25, -0.2) is 9.97 Å². The number of H-pyrrole nitrogens is 1. The fourth-order valence-corrected chi connectivity index (χ4v) is 3.99. The van der Waals surface area contributed by atoms with Gasteiger partial charge < -0.3 is 10.3 Å². The first-order valence-electron chi connectivity index (χ1n) is 10.7. The molecule has 0 saturated heterocycles. The minimum Gasteiger partial charge on any atom is -0.340 e. The van der Waals surface area contributed by atoms with Crippen LogP contribution in [-0.4, -0.2) is 35.2 Å².